The third-order valence-corrected chi connectivity index (χ3v) is 8.88. The molecule has 1 aromatic rings. The Balaban J connectivity index is 1.30. The third-order valence-electron chi connectivity index (χ3n) is 8.88. The minimum atomic E-state index is 0.168. The van der Waals surface area contributed by atoms with Crippen LogP contribution in [0.25, 0.3) is 0 Å². The number of nitrogens with two attached hydrogens (primary N) is 1. The molecular formula is C25H34N2O. The second kappa shape index (κ2) is 6.79. The molecule has 1 amide bonds. The van der Waals surface area contributed by atoms with Gasteiger partial charge < -0.3 is 5.73 Å². The molecule has 1 aromatic carbocycles. The molecule has 0 heterocycles. The Labute approximate surface area is 169 Å². The van der Waals surface area contributed by atoms with Gasteiger partial charge in [0.25, 0.3) is 0 Å². The fourth-order valence-corrected chi connectivity index (χ4v) is 7.68. The molecule has 5 saturated carbocycles. The second-order valence-electron chi connectivity index (χ2n) is 10.6. The van der Waals surface area contributed by atoms with Crippen molar-refractivity contribution in [1.82, 2.24) is 0 Å². The SMILES string of the molecule is CC12CC3CC(c4ccccc4)(CC1C3C(=O)N=CC1CCC(CN)CC1)C2. The maximum atomic E-state index is 13.2. The van der Waals surface area contributed by atoms with E-state index in [4.69, 9.17) is 5.73 Å². The molecule has 5 unspecified atom stereocenters. The summed E-state index contributed by atoms with van der Waals surface area (Å²) in [5.74, 6) is 2.55. The van der Waals surface area contributed by atoms with Gasteiger partial charge in [-0.3, -0.25) is 4.79 Å². The number of carbonyl (C=O) groups excluding carboxylic acids is 1. The van der Waals surface area contributed by atoms with Crippen molar-refractivity contribution in [2.24, 2.45) is 45.7 Å². The van der Waals surface area contributed by atoms with Crippen LogP contribution in [0, 0.1) is 35.0 Å². The summed E-state index contributed by atoms with van der Waals surface area (Å²) in [5, 5.41) is 0. The standard InChI is InChI=1S/C25H34N2O/c1-24-11-19-12-25(16-24,20-5-3-2-4-6-20)13-21(24)22(19)23(28)27-15-18-9-7-17(14-26)8-10-18/h2-6,15,17-19,21-22H,7-14,16,26H2,1H3. The quantitative estimate of drug-likeness (QED) is 0.769. The van der Waals surface area contributed by atoms with Crippen molar-refractivity contribution in [3.05, 3.63) is 35.9 Å². The van der Waals surface area contributed by atoms with Gasteiger partial charge in [0, 0.05) is 12.1 Å². The average molecular weight is 379 g/mol. The maximum absolute atomic E-state index is 13.2. The highest BCUT2D eigenvalue weighted by atomic mass is 16.1. The molecule has 0 aliphatic heterocycles. The van der Waals surface area contributed by atoms with Gasteiger partial charge in [-0.05, 0) is 98.0 Å². The zero-order valence-corrected chi connectivity index (χ0v) is 17.1. The van der Waals surface area contributed by atoms with Gasteiger partial charge in [-0.2, -0.15) is 0 Å². The number of benzene rings is 1. The largest absolute Gasteiger partial charge is 0.330 e. The van der Waals surface area contributed by atoms with Gasteiger partial charge in [0.2, 0.25) is 5.91 Å². The Hall–Kier alpha value is -1.48. The van der Waals surface area contributed by atoms with Crippen LogP contribution in [0.5, 0.6) is 0 Å². The Morgan fingerprint density at radius 3 is 2.57 bits per heavy atom. The lowest BCUT2D eigenvalue weighted by molar-refractivity contribution is -0.125. The van der Waals surface area contributed by atoms with Gasteiger partial charge in [0.05, 0.1) is 0 Å². The smallest absolute Gasteiger partial charge is 0.249 e. The maximum Gasteiger partial charge on any atom is 0.249 e. The molecule has 28 heavy (non-hydrogen) atoms. The molecule has 3 heteroatoms. The molecule has 6 rings (SSSR count). The third kappa shape index (κ3) is 2.89. The van der Waals surface area contributed by atoms with E-state index in [9.17, 15) is 4.79 Å². The summed E-state index contributed by atoms with van der Waals surface area (Å²) in [7, 11) is 0. The Kier molecular flexibility index (Phi) is 4.50. The van der Waals surface area contributed by atoms with Crippen molar-refractivity contribution in [2.75, 3.05) is 6.54 Å². The molecule has 2 N–H and O–H groups in total. The van der Waals surface area contributed by atoms with Gasteiger partial charge in [0.1, 0.15) is 0 Å². The first kappa shape index (κ1) is 18.5. The normalized spacial score (nSPS) is 44.4. The zero-order chi connectivity index (χ0) is 19.4. The second-order valence-corrected chi connectivity index (χ2v) is 10.6. The number of aliphatic imine (C=N–C) groups is 1. The van der Waals surface area contributed by atoms with Gasteiger partial charge in [0.15, 0.2) is 0 Å². The summed E-state index contributed by atoms with van der Waals surface area (Å²) in [4.78, 5) is 17.7. The van der Waals surface area contributed by atoms with E-state index in [-0.39, 0.29) is 11.8 Å². The first-order chi connectivity index (χ1) is 13.5. The molecule has 5 aliphatic carbocycles. The highest BCUT2D eigenvalue weighted by molar-refractivity contribution is 5.88. The van der Waals surface area contributed by atoms with Crippen LogP contribution in [0.4, 0.5) is 0 Å². The van der Waals surface area contributed by atoms with Crippen LogP contribution in [-0.2, 0) is 10.2 Å². The van der Waals surface area contributed by atoms with E-state index in [1.807, 2.05) is 6.21 Å². The molecule has 5 atom stereocenters. The fourth-order valence-electron chi connectivity index (χ4n) is 7.68. The molecule has 0 saturated heterocycles. The molecule has 0 aromatic heterocycles. The monoisotopic (exact) mass is 378 g/mol. The van der Waals surface area contributed by atoms with Crippen molar-refractivity contribution >= 4 is 12.1 Å². The van der Waals surface area contributed by atoms with Gasteiger partial charge in [-0.15, -0.1) is 0 Å². The van der Waals surface area contributed by atoms with Crippen LogP contribution in [0.1, 0.15) is 63.9 Å². The van der Waals surface area contributed by atoms with Crippen LogP contribution in [0.2, 0.25) is 0 Å². The predicted molar refractivity (Wildman–Crippen MR) is 113 cm³/mol. The van der Waals surface area contributed by atoms with E-state index >= 15 is 0 Å². The van der Waals surface area contributed by atoms with E-state index in [2.05, 4.69) is 42.2 Å². The predicted octanol–water partition coefficient (Wildman–Crippen LogP) is 4.74. The van der Waals surface area contributed by atoms with Crippen LogP contribution < -0.4 is 5.73 Å². The number of amides is 1. The molecule has 0 spiro atoms. The summed E-state index contributed by atoms with van der Waals surface area (Å²) >= 11 is 0. The fraction of sp³-hybridized carbons (Fsp3) is 0.680. The van der Waals surface area contributed by atoms with Crippen molar-refractivity contribution in [2.45, 2.75) is 63.7 Å². The van der Waals surface area contributed by atoms with Crippen molar-refractivity contribution < 1.29 is 4.79 Å². The first-order valence-electron chi connectivity index (χ1n) is 11.4. The van der Waals surface area contributed by atoms with Crippen LogP contribution in [0.15, 0.2) is 35.3 Å². The summed E-state index contributed by atoms with van der Waals surface area (Å²) in [5.41, 5.74) is 7.94. The van der Waals surface area contributed by atoms with Crippen molar-refractivity contribution in [3.63, 3.8) is 0 Å². The van der Waals surface area contributed by atoms with E-state index < -0.39 is 0 Å². The summed E-state index contributed by atoms with van der Waals surface area (Å²) in [6.45, 7) is 3.25. The number of nitrogens with zero attached hydrogens (tertiary/aromatic N) is 1. The molecule has 150 valence electrons. The number of hydrogen-bond donors (Lipinski definition) is 1. The van der Waals surface area contributed by atoms with E-state index in [0.717, 1.165) is 19.4 Å². The minimum Gasteiger partial charge on any atom is -0.330 e. The highest BCUT2D eigenvalue weighted by Gasteiger charge is 2.67. The summed E-state index contributed by atoms with van der Waals surface area (Å²) < 4.78 is 0. The van der Waals surface area contributed by atoms with Crippen LogP contribution >= 0.6 is 0 Å². The van der Waals surface area contributed by atoms with Gasteiger partial charge in [-0.25, -0.2) is 4.99 Å². The number of carbonyl (C=O) groups is 1. The molecule has 0 radical (unpaired) electrons. The Bertz CT molecular complexity index is 766. The Morgan fingerprint density at radius 1 is 1.14 bits per heavy atom. The van der Waals surface area contributed by atoms with Crippen LogP contribution in [-0.4, -0.2) is 18.7 Å². The summed E-state index contributed by atoms with van der Waals surface area (Å²) in [6.07, 6.45) is 11.5. The summed E-state index contributed by atoms with van der Waals surface area (Å²) in [6, 6.07) is 11.1. The van der Waals surface area contributed by atoms with Gasteiger partial charge >= 0.3 is 0 Å². The Morgan fingerprint density at radius 2 is 1.89 bits per heavy atom. The molecule has 4 bridgehead atoms. The number of hydrogen-bond acceptors (Lipinski definition) is 2. The van der Waals surface area contributed by atoms with E-state index in [1.54, 1.807) is 0 Å². The van der Waals surface area contributed by atoms with E-state index in [0.29, 0.717) is 34.5 Å². The molecule has 3 nitrogen and oxygen atoms in total. The van der Waals surface area contributed by atoms with E-state index in [1.165, 1.54) is 44.1 Å². The lowest BCUT2D eigenvalue weighted by Crippen LogP contribution is -2.38. The highest BCUT2D eigenvalue weighted by Crippen LogP contribution is 2.72. The first-order valence-corrected chi connectivity index (χ1v) is 11.4. The molecular weight excluding hydrogens is 344 g/mol. The zero-order valence-electron chi connectivity index (χ0n) is 17.1. The topological polar surface area (TPSA) is 55.5 Å². The van der Waals surface area contributed by atoms with Crippen molar-refractivity contribution in [1.29, 1.82) is 0 Å². The lowest BCUT2D eigenvalue weighted by Gasteiger charge is -2.42. The molecule has 5 aliphatic rings. The lowest BCUT2D eigenvalue weighted by atomic mass is 9.62. The van der Waals surface area contributed by atoms with Crippen molar-refractivity contribution in [3.8, 4) is 0 Å². The van der Waals surface area contributed by atoms with Crippen LogP contribution in [0.3, 0.4) is 0 Å². The molecule has 5 fully saturated rings. The number of rotatable bonds is 4. The minimum absolute atomic E-state index is 0.168. The van der Waals surface area contributed by atoms with Gasteiger partial charge in [-0.1, -0.05) is 37.3 Å². The average Bonchev–Trinajstić information content (AvgIpc) is 3.05.